The number of hydrogen-bond acceptors (Lipinski definition) is 5. The third kappa shape index (κ3) is 4.18. The number of hydrogen-bond donors (Lipinski definition) is 3. The summed E-state index contributed by atoms with van der Waals surface area (Å²) in [6.45, 7) is 3.62. The van der Waals surface area contributed by atoms with Crippen LogP contribution in [0.15, 0.2) is 48.5 Å². The van der Waals surface area contributed by atoms with Crippen LogP contribution >= 0.6 is 0 Å². The first-order valence-corrected chi connectivity index (χ1v) is 11.4. The number of amides is 2. The molecule has 2 aliphatic rings. The third-order valence-corrected chi connectivity index (χ3v) is 6.84. The van der Waals surface area contributed by atoms with Crippen molar-refractivity contribution in [3.8, 4) is 5.75 Å². The van der Waals surface area contributed by atoms with Gasteiger partial charge in [0.05, 0.1) is 11.6 Å². The summed E-state index contributed by atoms with van der Waals surface area (Å²) in [4.78, 5) is 28.2. The van der Waals surface area contributed by atoms with Crippen molar-refractivity contribution in [2.75, 3.05) is 20.1 Å². The summed E-state index contributed by atoms with van der Waals surface area (Å²) < 4.78 is 6.48. The van der Waals surface area contributed by atoms with Gasteiger partial charge in [0.1, 0.15) is 17.4 Å². The molecule has 0 aliphatic carbocycles. The van der Waals surface area contributed by atoms with Gasteiger partial charge in [0.15, 0.2) is 5.69 Å². The molecule has 3 heterocycles. The molecule has 1 spiro atoms. The molecule has 2 amide bonds. The number of benzene rings is 2. The number of aromatic amines is 1. The molecular weight excluding hydrogens is 418 g/mol. The van der Waals surface area contributed by atoms with E-state index in [0.717, 1.165) is 48.1 Å². The van der Waals surface area contributed by atoms with Crippen LogP contribution in [0.2, 0.25) is 0 Å². The van der Waals surface area contributed by atoms with Crippen molar-refractivity contribution in [1.82, 2.24) is 25.7 Å². The van der Waals surface area contributed by atoms with Crippen molar-refractivity contribution < 1.29 is 14.3 Å². The van der Waals surface area contributed by atoms with Crippen LogP contribution in [0.1, 0.15) is 48.3 Å². The number of rotatable bonds is 4. The number of nitrogens with zero attached hydrogens (tertiary/aromatic N) is 2. The molecule has 3 N–H and O–H groups in total. The number of nitrogens with one attached hydrogen (secondary N) is 3. The van der Waals surface area contributed by atoms with Crippen LogP contribution in [0.4, 0.5) is 0 Å². The summed E-state index contributed by atoms with van der Waals surface area (Å²) in [6.07, 6.45) is 2.56. The quantitative estimate of drug-likeness (QED) is 0.571. The first-order valence-electron chi connectivity index (χ1n) is 11.4. The van der Waals surface area contributed by atoms with Crippen molar-refractivity contribution in [2.45, 2.75) is 43.9 Å². The zero-order chi connectivity index (χ0) is 23.0. The van der Waals surface area contributed by atoms with Gasteiger partial charge in [-0.25, -0.2) is 0 Å². The van der Waals surface area contributed by atoms with Gasteiger partial charge in [-0.15, -0.1) is 0 Å². The summed E-state index contributed by atoms with van der Waals surface area (Å²) >= 11 is 0. The average molecular weight is 448 g/mol. The molecule has 0 bridgehead atoms. The lowest BCUT2D eigenvalue weighted by Crippen LogP contribution is -2.53. The van der Waals surface area contributed by atoms with Crippen molar-refractivity contribution in [3.63, 3.8) is 0 Å². The fraction of sp³-hybridized carbons (Fsp3) is 0.400. The van der Waals surface area contributed by atoms with Gasteiger partial charge < -0.3 is 20.3 Å². The van der Waals surface area contributed by atoms with Crippen LogP contribution < -0.4 is 15.4 Å². The second-order valence-electron chi connectivity index (χ2n) is 9.20. The van der Waals surface area contributed by atoms with E-state index in [1.165, 1.54) is 0 Å². The highest BCUT2D eigenvalue weighted by Gasteiger charge is 2.43. The number of H-pyrrole nitrogens is 1. The number of carbonyl (C=O) groups is 2. The Bertz CT molecular complexity index is 1180. The van der Waals surface area contributed by atoms with E-state index < -0.39 is 6.04 Å². The van der Waals surface area contributed by atoms with E-state index in [9.17, 15) is 9.59 Å². The molecule has 1 fully saturated rings. The Labute approximate surface area is 192 Å². The molecule has 3 aromatic rings. The molecule has 0 saturated carbocycles. The minimum Gasteiger partial charge on any atom is -0.487 e. The monoisotopic (exact) mass is 447 g/mol. The van der Waals surface area contributed by atoms with Gasteiger partial charge in [-0.05, 0) is 38.9 Å². The van der Waals surface area contributed by atoms with E-state index in [4.69, 9.17) is 4.74 Å². The van der Waals surface area contributed by atoms with Crippen molar-refractivity contribution >= 4 is 22.7 Å². The van der Waals surface area contributed by atoms with E-state index in [-0.39, 0.29) is 29.2 Å². The maximum atomic E-state index is 13.1. The van der Waals surface area contributed by atoms with Crippen molar-refractivity contribution in [3.05, 3.63) is 59.8 Å². The second-order valence-corrected chi connectivity index (χ2v) is 9.20. The molecule has 1 aromatic heterocycles. The Hall–Kier alpha value is -3.39. The average Bonchev–Trinajstić information content (AvgIpc) is 3.25. The SMILES string of the molecule is CC(NC(=O)c1n[nH]c2ccccc12)C(=O)NC1CC2(CCN(C)CC2)Oc2ccccc21. The Morgan fingerprint density at radius 2 is 1.88 bits per heavy atom. The van der Waals surface area contributed by atoms with Crippen LogP contribution in [-0.2, 0) is 4.79 Å². The zero-order valence-electron chi connectivity index (χ0n) is 18.9. The fourth-order valence-electron chi connectivity index (χ4n) is 4.84. The molecule has 2 aromatic carbocycles. The topological polar surface area (TPSA) is 99.3 Å². The normalized spacial score (nSPS) is 20.6. The summed E-state index contributed by atoms with van der Waals surface area (Å²) in [5.41, 5.74) is 1.76. The minimum atomic E-state index is -0.712. The maximum Gasteiger partial charge on any atom is 0.273 e. The lowest BCUT2D eigenvalue weighted by molar-refractivity contribution is -0.124. The molecule has 2 aliphatic heterocycles. The highest BCUT2D eigenvalue weighted by atomic mass is 16.5. The first kappa shape index (κ1) is 21.5. The Balaban J connectivity index is 1.30. The molecule has 2 atom stereocenters. The van der Waals surface area contributed by atoms with Gasteiger partial charge in [0.25, 0.3) is 5.91 Å². The summed E-state index contributed by atoms with van der Waals surface area (Å²) in [5, 5.41) is 13.7. The highest BCUT2D eigenvalue weighted by molar-refractivity contribution is 6.05. The fourth-order valence-corrected chi connectivity index (χ4v) is 4.84. The highest BCUT2D eigenvalue weighted by Crippen LogP contribution is 2.44. The predicted octanol–water partition coefficient (Wildman–Crippen LogP) is 2.79. The number of likely N-dealkylation sites (tertiary alicyclic amines) is 1. The molecule has 8 nitrogen and oxygen atoms in total. The number of fused-ring (bicyclic) bond motifs is 2. The first-order chi connectivity index (χ1) is 15.9. The van der Waals surface area contributed by atoms with Crippen LogP contribution in [0.25, 0.3) is 10.9 Å². The lowest BCUT2D eigenvalue weighted by Gasteiger charge is -2.46. The zero-order valence-corrected chi connectivity index (χ0v) is 18.9. The van der Waals surface area contributed by atoms with E-state index in [0.29, 0.717) is 6.42 Å². The number of aromatic nitrogens is 2. The molecular formula is C25H29N5O3. The van der Waals surface area contributed by atoms with Gasteiger partial charge in [-0.2, -0.15) is 5.10 Å². The summed E-state index contributed by atoms with van der Waals surface area (Å²) in [5.74, 6) is 0.223. The van der Waals surface area contributed by atoms with Gasteiger partial charge >= 0.3 is 0 Å². The largest absolute Gasteiger partial charge is 0.487 e. The number of piperidine rings is 1. The molecule has 0 radical (unpaired) electrons. The number of para-hydroxylation sites is 2. The van der Waals surface area contributed by atoms with E-state index in [2.05, 4.69) is 32.8 Å². The van der Waals surface area contributed by atoms with Gasteiger partial charge in [-0.1, -0.05) is 36.4 Å². The standard InChI is InChI=1S/C25H29N5O3/c1-16(26-24(32)22-18-8-3-5-9-19(18)28-29-22)23(31)27-20-15-25(11-13-30(2)14-12-25)33-21-10-6-4-7-17(20)21/h3-10,16,20H,11-15H2,1-2H3,(H,26,32)(H,27,31)(H,28,29). The molecule has 172 valence electrons. The van der Waals surface area contributed by atoms with Crippen molar-refractivity contribution in [1.29, 1.82) is 0 Å². The smallest absolute Gasteiger partial charge is 0.273 e. The maximum absolute atomic E-state index is 13.1. The predicted molar refractivity (Wildman–Crippen MR) is 125 cm³/mol. The Morgan fingerprint density at radius 3 is 2.70 bits per heavy atom. The van der Waals surface area contributed by atoms with E-state index in [1.54, 1.807) is 6.92 Å². The lowest BCUT2D eigenvalue weighted by atomic mass is 9.80. The molecule has 33 heavy (non-hydrogen) atoms. The van der Waals surface area contributed by atoms with Crippen LogP contribution in [0.5, 0.6) is 5.75 Å². The van der Waals surface area contributed by atoms with E-state index >= 15 is 0 Å². The molecule has 8 heteroatoms. The molecule has 1 saturated heterocycles. The van der Waals surface area contributed by atoms with Crippen LogP contribution in [-0.4, -0.2) is 58.7 Å². The van der Waals surface area contributed by atoms with Gasteiger partial charge in [0.2, 0.25) is 5.91 Å². The number of ether oxygens (including phenoxy) is 1. The van der Waals surface area contributed by atoms with Gasteiger partial charge in [0, 0.05) is 30.5 Å². The third-order valence-electron chi connectivity index (χ3n) is 6.84. The summed E-state index contributed by atoms with van der Waals surface area (Å²) in [7, 11) is 2.12. The second kappa shape index (κ2) is 8.51. The van der Waals surface area contributed by atoms with Gasteiger partial charge in [-0.3, -0.25) is 14.7 Å². The minimum absolute atomic E-state index is 0.170. The molecule has 2 unspecified atom stereocenters. The Morgan fingerprint density at radius 1 is 1.15 bits per heavy atom. The van der Waals surface area contributed by atoms with Crippen LogP contribution in [0, 0.1) is 0 Å². The Kier molecular flexibility index (Phi) is 5.54. The molecule has 5 rings (SSSR count). The van der Waals surface area contributed by atoms with Crippen LogP contribution in [0.3, 0.4) is 0 Å². The van der Waals surface area contributed by atoms with Crippen molar-refractivity contribution in [2.24, 2.45) is 0 Å². The number of carbonyl (C=O) groups excluding carboxylic acids is 2. The summed E-state index contributed by atoms with van der Waals surface area (Å²) in [6, 6.07) is 14.4. The van der Waals surface area contributed by atoms with E-state index in [1.807, 2.05) is 48.5 Å².